The van der Waals surface area contributed by atoms with E-state index in [4.69, 9.17) is 35.8 Å². The predicted octanol–water partition coefficient (Wildman–Crippen LogP) is 6.93. The van der Waals surface area contributed by atoms with E-state index < -0.39 is 17.7 Å². The second kappa shape index (κ2) is 8.89. The molecule has 4 fully saturated rings. The van der Waals surface area contributed by atoms with Crippen molar-refractivity contribution >= 4 is 46.6 Å². The molecule has 3 aromatic rings. The Hall–Kier alpha value is -2.23. The number of fused-ring (bicyclic) bond motifs is 1. The number of pyridine rings is 1. The van der Waals surface area contributed by atoms with Crippen LogP contribution in [0.5, 0.6) is 0 Å². The number of rotatable bonds is 3. The zero-order valence-electron chi connectivity index (χ0n) is 20.9. The van der Waals surface area contributed by atoms with E-state index >= 15 is 0 Å². The van der Waals surface area contributed by atoms with Crippen LogP contribution in [0.4, 0.5) is 0 Å². The largest absolute Gasteiger partial charge is 0.365 e. The number of hydrogen-bond donors (Lipinski definition) is 3. The molecule has 1 aromatic heterocycles. The fraction of sp³-hybridized carbons (Fsp3) is 0.419. The number of aliphatic hydroxyl groups is 1. The summed E-state index contributed by atoms with van der Waals surface area (Å²) in [6, 6.07) is 17.8. The molecule has 0 unspecified atom stereocenters. The van der Waals surface area contributed by atoms with Crippen molar-refractivity contribution in [2.75, 3.05) is 0 Å². The van der Waals surface area contributed by atoms with E-state index in [0.717, 1.165) is 35.6 Å². The van der Waals surface area contributed by atoms with Crippen molar-refractivity contribution in [3.8, 4) is 6.07 Å². The molecule has 2 aromatic carbocycles. The summed E-state index contributed by atoms with van der Waals surface area (Å²) in [5.41, 5.74) is -0.289. The van der Waals surface area contributed by atoms with Gasteiger partial charge in [-0.05, 0) is 85.4 Å². The minimum absolute atomic E-state index is 0.311. The zero-order valence-corrected chi connectivity index (χ0v) is 23.4. The second-order valence-corrected chi connectivity index (χ2v) is 13.3. The van der Waals surface area contributed by atoms with Gasteiger partial charge in [0.05, 0.1) is 32.6 Å². The fourth-order valence-electron chi connectivity index (χ4n) is 8.78. The number of nitrogens with zero attached hydrogens (tertiary/aromatic N) is 2. The monoisotopic (exact) mass is 562 g/mol. The van der Waals surface area contributed by atoms with E-state index in [2.05, 4.69) is 40.3 Å². The molecule has 194 valence electrons. The van der Waals surface area contributed by atoms with Gasteiger partial charge < -0.3 is 10.4 Å². The fourth-order valence-corrected chi connectivity index (χ4v) is 9.45. The maximum absolute atomic E-state index is 13.2. The molecule has 0 radical (unpaired) electrons. The van der Waals surface area contributed by atoms with E-state index in [0.29, 0.717) is 38.4 Å². The molecule has 2 N–H and O–H groups in total. The normalized spacial score (nSPS) is 35.8. The highest BCUT2D eigenvalue weighted by molar-refractivity contribution is 7.84. The number of hydrogen-bond acceptors (Lipinski definition) is 4. The lowest BCUT2D eigenvalue weighted by Crippen LogP contribution is -2.73. The van der Waals surface area contributed by atoms with E-state index in [1.807, 2.05) is 30.5 Å². The van der Waals surface area contributed by atoms with Gasteiger partial charge in [-0.15, -0.1) is 12.6 Å². The summed E-state index contributed by atoms with van der Waals surface area (Å²) in [4.78, 5) is 0. The van der Waals surface area contributed by atoms with Gasteiger partial charge in [-0.1, -0.05) is 47.5 Å². The molecular weight excluding hydrogens is 533 g/mol. The van der Waals surface area contributed by atoms with Crippen molar-refractivity contribution in [1.82, 2.24) is 5.32 Å². The Kier molecular flexibility index (Phi) is 5.80. The lowest BCUT2D eigenvalue weighted by molar-refractivity contribution is -0.744. The highest BCUT2D eigenvalue weighted by Crippen LogP contribution is 2.66. The van der Waals surface area contributed by atoms with Gasteiger partial charge in [-0.2, -0.15) is 9.83 Å². The van der Waals surface area contributed by atoms with Gasteiger partial charge in [0.25, 0.3) is 0 Å². The molecule has 3 atom stereocenters. The molecule has 38 heavy (non-hydrogen) atoms. The van der Waals surface area contributed by atoms with Crippen LogP contribution in [0.15, 0.2) is 71.5 Å². The maximum atomic E-state index is 13.2. The number of benzene rings is 2. The maximum Gasteiger partial charge on any atom is 0.217 e. The molecule has 0 spiro atoms. The number of nitrogens with one attached hydrogen (secondary N) is 1. The summed E-state index contributed by atoms with van der Waals surface area (Å²) < 4.78 is 2.12. The average Bonchev–Trinajstić information content (AvgIpc) is 2.89. The topological polar surface area (TPSA) is 59.9 Å². The highest BCUT2D eigenvalue weighted by Gasteiger charge is 2.68. The average molecular weight is 564 g/mol. The molecule has 5 aliphatic rings. The lowest BCUT2D eigenvalue weighted by atomic mass is 9.45. The van der Waals surface area contributed by atoms with Crippen LogP contribution < -0.4 is 9.88 Å². The standard InChI is InChI=1S/C31H29Cl2N3OS/c32-25-6-5-22(12-26(25)33)27-24(16-34)29(38)35-31(37,30-13-18-9-19(14-30)11-20(10-18)15-30)28(27)36-8-7-21-3-1-2-4-23(21)17-36/h1-8,12,17-20,27-28,35,37H,9-11,13-15H2/p+1/t18?,19?,20?,27-,28+,30?,31-/m1/s1. The Morgan fingerprint density at radius 1 is 0.947 bits per heavy atom. The first-order chi connectivity index (χ1) is 18.3. The molecule has 4 nitrogen and oxygen atoms in total. The van der Waals surface area contributed by atoms with Gasteiger partial charge in [0.1, 0.15) is 0 Å². The minimum Gasteiger partial charge on any atom is -0.365 e. The van der Waals surface area contributed by atoms with Crippen molar-refractivity contribution in [2.45, 2.75) is 56.2 Å². The minimum atomic E-state index is -1.32. The molecule has 0 saturated heterocycles. The summed E-state index contributed by atoms with van der Waals surface area (Å²) in [6.07, 6.45) is 10.9. The number of allylic oxidation sites excluding steroid dienone is 1. The van der Waals surface area contributed by atoms with Gasteiger partial charge in [-0.25, -0.2) is 0 Å². The van der Waals surface area contributed by atoms with Crippen LogP contribution in [0, 0.1) is 34.5 Å². The first kappa shape index (κ1) is 24.8. The number of nitriles is 1. The number of aromatic nitrogens is 1. The Balaban J connectivity index is 1.48. The van der Waals surface area contributed by atoms with Crippen LogP contribution in [0.1, 0.15) is 56.0 Å². The third kappa shape index (κ3) is 3.64. The molecule has 4 bridgehead atoms. The summed E-state index contributed by atoms with van der Waals surface area (Å²) in [5, 5.41) is 30.6. The Bertz CT molecular complexity index is 1500. The van der Waals surface area contributed by atoms with Gasteiger partial charge in [0.2, 0.25) is 11.8 Å². The third-order valence-electron chi connectivity index (χ3n) is 9.92. The lowest BCUT2D eigenvalue weighted by Gasteiger charge is -2.63. The number of thiol groups is 1. The summed E-state index contributed by atoms with van der Waals surface area (Å²) >= 11 is 17.6. The molecular formula is C31H30Cl2N3OS+. The van der Waals surface area contributed by atoms with E-state index in [1.54, 1.807) is 6.07 Å². The predicted molar refractivity (Wildman–Crippen MR) is 153 cm³/mol. The van der Waals surface area contributed by atoms with Gasteiger partial charge in [-0.3, -0.25) is 0 Å². The van der Waals surface area contributed by atoms with Crippen LogP contribution in [0.2, 0.25) is 10.0 Å². The van der Waals surface area contributed by atoms with Crippen LogP contribution in [-0.2, 0) is 0 Å². The van der Waals surface area contributed by atoms with Gasteiger partial charge in [0, 0.05) is 16.9 Å². The highest BCUT2D eigenvalue weighted by atomic mass is 35.5. The van der Waals surface area contributed by atoms with Crippen molar-refractivity contribution in [2.24, 2.45) is 23.2 Å². The second-order valence-electron chi connectivity index (χ2n) is 12.1. The first-order valence-corrected chi connectivity index (χ1v) is 14.7. The van der Waals surface area contributed by atoms with E-state index in [1.165, 1.54) is 19.3 Å². The number of halogens is 2. The van der Waals surface area contributed by atoms with Crippen molar-refractivity contribution < 1.29 is 9.67 Å². The first-order valence-electron chi connectivity index (χ1n) is 13.5. The summed E-state index contributed by atoms with van der Waals surface area (Å²) in [5.74, 6) is 1.46. The Morgan fingerprint density at radius 2 is 1.61 bits per heavy atom. The summed E-state index contributed by atoms with van der Waals surface area (Å²) in [6.45, 7) is 0. The molecule has 4 aliphatic carbocycles. The van der Waals surface area contributed by atoms with E-state index in [9.17, 15) is 10.4 Å². The quantitative estimate of drug-likeness (QED) is 0.239. The third-order valence-corrected chi connectivity index (χ3v) is 11.0. The molecule has 4 saturated carbocycles. The molecule has 7 heteroatoms. The van der Waals surface area contributed by atoms with Crippen LogP contribution in [0.25, 0.3) is 10.8 Å². The smallest absolute Gasteiger partial charge is 0.217 e. The zero-order chi connectivity index (χ0) is 26.2. The van der Waals surface area contributed by atoms with Crippen LogP contribution in [-0.4, -0.2) is 10.8 Å². The molecule has 0 amide bonds. The summed E-state index contributed by atoms with van der Waals surface area (Å²) in [7, 11) is 0. The van der Waals surface area contributed by atoms with Crippen LogP contribution in [0.3, 0.4) is 0 Å². The Labute approximate surface area is 238 Å². The molecule has 8 rings (SSSR count). The molecule has 1 aliphatic heterocycles. The SMILES string of the molecule is N#CC1=C(S)N[C@](O)(C23CC4CC(CC(C4)C2)C3)[C@@H]([n+]2ccc3ccccc3c2)[C@@H]1c1ccc(Cl)c(Cl)c1. The molecule has 2 heterocycles. The van der Waals surface area contributed by atoms with Gasteiger partial charge >= 0.3 is 0 Å². The van der Waals surface area contributed by atoms with Crippen LogP contribution >= 0.6 is 35.8 Å². The van der Waals surface area contributed by atoms with Gasteiger partial charge in [0.15, 0.2) is 12.4 Å². The van der Waals surface area contributed by atoms with Crippen molar-refractivity contribution in [3.63, 3.8) is 0 Å². The van der Waals surface area contributed by atoms with E-state index in [-0.39, 0.29) is 5.41 Å². The Morgan fingerprint density at radius 3 is 2.24 bits per heavy atom. The van der Waals surface area contributed by atoms with Crippen molar-refractivity contribution in [1.29, 1.82) is 5.26 Å². The van der Waals surface area contributed by atoms with Crippen molar-refractivity contribution in [3.05, 3.63) is 87.1 Å².